The van der Waals surface area contributed by atoms with Crippen molar-refractivity contribution in [1.82, 2.24) is 9.13 Å². The van der Waals surface area contributed by atoms with Crippen LogP contribution in [0, 0.1) is 0 Å². The van der Waals surface area contributed by atoms with Crippen molar-refractivity contribution < 1.29 is 0 Å². The van der Waals surface area contributed by atoms with E-state index in [1.165, 1.54) is 77.2 Å². The number of nitrogens with zero attached hydrogens (tertiary/aromatic N) is 2. The first-order valence-electron chi connectivity index (χ1n) is 15.1. The Balaban J connectivity index is 1.37. The van der Waals surface area contributed by atoms with Crippen LogP contribution in [0.4, 0.5) is 0 Å². The molecule has 0 saturated carbocycles. The third kappa shape index (κ3) is 3.68. The second-order valence-electron chi connectivity index (χ2n) is 11.4. The van der Waals surface area contributed by atoms with Crippen LogP contribution in [-0.4, -0.2) is 9.13 Å². The maximum absolute atomic E-state index is 2.46. The molecule has 0 unspecified atom stereocenters. The van der Waals surface area contributed by atoms with Crippen LogP contribution in [0.1, 0.15) is 0 Å². The summed E-state index contributed by atoms with van der Waals surface area (Å²) in [5.41, 5.74) is 12.1. The Bertz CT molecular complexity index is 2480. The Morgan fingerprint density at radius 2 is 0.841 bits per heavy atom. The molecule has 0 saturated heterocycles. The fourth-order valence-corrected chi connectivity index (χ4v) is 7.04. The molecule has 0 aliphatic rings. The van der Waals surface area contributed by atoms with E-state index in [1.54, 1.807) is 0 Å². The fraction of sp³-hybridized carbons (Fsp3) is 0. The minimum atomic E-state index is 1.17. The van der Waals surface area contributed by atoms with E-state index in [1.807, 2.05) is 0 Å². The number of para-hydroxylation sites is 4. The third-order valence-corrected chi connectivity index (χ3v) is 8.91. The van der Waals surface area contributed by atoms with Crippen LogP contribution < -0.4 is 0 Å². The molecule has 0 N–H and O–H groups in total. The van der Waals surface area contributed by atoms with E-state index in [9.17, 15) is 0 Å². The van der Waals surface area contributed by atoms with Gasteiger partial charge in [0.1, 0.15) is 0 Å². The normalized spacial score (nSPS) is 11.6. The summed E-state index contributed by atoms with van der Waals surface area (Å²) in [5, 5.41) is 5.11. The van der Waals surface area contributed by atoms with Crippen molar-refractivity contribution in [3.63, 3.8) is 0 Å². The van der Waals surface area contributed by atoms with E-state index >= 15 is 0 Å². The molecule has 7 aromatic carbocycles. The smallest absolute Gasteiger partial charge is 0.0549 e. The molecule has 9 rings (SSSR count). The van der Waals surface area contributed by atoms with Gasteiger partial charge >= 0.3 is 0 Å². The van der Waals surface area contributed by atoms with Gasteiger partial charge in [0.15, 0.2) is 0 Å². The Hall–Kier alpha value is -5.86. The molecule has 0 aliphatic heterocycles. The van der Waals surface area contributed by atoms with Gasteiger partial charge in [0.2, 0.25) is 0 Å². The zero-order valence-electron chi connectivity index (χ0n) is 24.1. The maximum Gasteiger partial charge on any atom is 0.0549 e. The minimum absolute atomic E-state index is 1.17. The number of hydrogen-bond acceptors (Lipinski definition) is 0. The molecule has 0 atom stereocenters. The summed E-state index contributed by atoms with van der Waals surface area (Å²) in [4.78, 5) is 0. The van der Waals surface area contributed by atoms with Gasteiger partial charge in [-0.05, 0) is 65.2 Å². The lowest BCUT2D eigenvalue weighted by Gasteiger charge is -2.15. The first-order chi connectivity index (χ1) is 21.9. The summed E-state index contributed by atoms with van der Waals surface area (Å²) in [5.74, 6) is 0. The highest BCUT2D eigenvalue weighted by molar-refractivity contribution is 6.29. The number of fused-ring (bicyclic) bond motifs is 7. The molecule has 0 spiro atoms. The number of rotatable bonds is 4. The Labute approximate surface area is 255 Å². The van der Waals surface area contributed by atoms with E-state index in [0.717, 1.165) is 0 Å². The van der Waals surface area contributed by atoms with Crippen LogP contribution in [0.25, 0.3) is 77.2 Å². The van der Waals surface area contributed by atoms with Gasteiger partial charge in [-0.2, -0.15) is 0 Å². The average molecular weight is 561 g/mol. The molecular weight excluding hydrogens is 532 g/mol. The van der Waals surface area contributed by atoms with Gasteiger partial charge in [-0.3, -0.25) is 0 Å². The van der Waals surface area contributed by atoms with Crippen LogP contribution in [0.5, 0.6) is 0 Å². The van der Waals surface area contributed by atoms with Gasteiger partial charge < -0.3 is 9.13 Å². The summed E-state index contributed by atoms with van der Waals surface area (Å²) < 4.78 is 4.86. The van der Waals surface area contributed by atoms with Gasteiger partial charge in [-0.25, -0.2) is 0 Å². The molecule has 0 fully saturated rings. The van der Waals surface area contributed by atoms with E-state index in [4.69, 9.17) is 0 Å². The van der Waals surface area contributed by atoms with Crippen molar-refractivity contribution in [3.05, 3.63) is 170 Å². The molecule has 2 heterocycles. The minimum Gasteiger partial charge on any atom is -0.309 e. The largest absolute Gasteiger partial charge is 0.309 e. The van der Waals surface area contributed by atoms with Crippen LogP contribution in [0.3, 0.4) is 0 Å². The number of hydrogen-bond donors (Lipinski definition) is 0. The first-order valence-corrected chi connectivity index (χ1v) is 15.1. The molecule has 9 aromatic rings. The summed E-state index contributed by atoms with van der Waals surface area (Å²) in [6.45, 7) is 0. The van der Waals surface area contributed by atoms with E-state index < -0.39 is 0 Å². The molecular formula is C42H28N2. The van der Waals surface area contributed by atoms with Crippen LogP contribution in [0.15, 0.2) is 170 Å². The highest BCUT2D eigenvalue weighted by Crippen LogP contribution is 2.43. The summed E-state index contributed by atoms with van der Waals surface area (Å²) >= 11 is 0. The van der Waals surface area contributed by atoms with Crippen molar-refractivity contribution in [2.24, 2.45) is 0 Å². The quantitative estimate of drug-likeness (QED) is 0.203. The van der Waals surface area contributed by atoms with Crippen molar-refractivity contribution in [3.8, 4) is 33.6 Å². The topological polar surface area (TPSA) is 9.86 Å². The summed E-state index contributed by atoms with van der Waals surface area (Å²) in [7, 11) is 0. The van der Waals surface area contributed by atoms with Crippen molar-refractivity contribution in [2.75, 3.05) is 0 Å². The molecule has 2 aromatic heterocycles. The summed E-state index contributed by atoms with van der Waals surface area (Å²) in [6, 6.07) is 61.3. The lowest BCUT2D eigenvalue weighted by molar-refractivity contribution is 1.17. The molecule has 2 heteroatoms. The molecule has 0 aliphatic carbocycles. The average Bonchev–Trinajstić information content (AvgIpc) is 3.62. The summed E-state index contributed by atoms with van der Waals surface area (Å²) in [6.07, 6.45) is 0. The Morgan fingerprint density at radius 1 is 0.318 bits per heavy atom. The van der Waals surface area contributed by atoms with Gasteiger partial charge in [-0.15, -0.1) is 0 Å². The van der Waals surface area contributed by atoms with Crippen molar-refractivity contribution in [1.29, 1.82) is 0 Å². The predicted molar refractivity (Wildman–Crippen MR) is 186 cm³/mol. The lowest BCUT2D eigenvalue weighted by atomic mass is 9.98. The second-order valence-corrected chi connectivity index (χ2v) is 11.4. The number of benzene rings is 7. The van der Waals surface area contributed by atoms with Gasteiger partial charge in [0.05, 0.1) is 27.8 Å². The van der Waals surface area contributed by atoms with Gasteiger partial charge in [0, 0.05) is 32.8 Å². The zero-order valence-corrected chi connectivity index (χ0v) is 24.1. The van der Waals surface area contributed by atoms with E-state index in [0.29, 0.717) is 0 Å². The third-order valence-electron chi connectivity index (χ3n) is 8.91. The highest BCUT2D eigenvalue weighted by Gasteiger charge is 2.21. The predicted octanol–water partition coefficient (Wildman–Crippen LogP) is 11.2. The van der Waals surface area contributed by atoms with E-state index in [2.05, 4.69) is 179 Å². The molecule has 2 nitrogen and oxygen atoms in total. The van der Waals surface area contributed by atoms with E-state index in [-0.39, 0.29) is 0 Å². The fourth-order valence-electron chi connectivity index (χ4n) is 7.04. The molecule has 206 valence electrons. The van der Waals surface area contributed by atoms with Crippen molar-refractivity contribution >= 4 is 43.6 Å². The van der Waals surface area contributed by atoms with Crippen LogP contribution in [-0.2, 0) is 0 Å². The molecule has 44 heavy (non-hydrogen) atoms. The van der Waals surface area contributed by atoms with Gasteiger partial charge in [0.25, 0.3) is 0 Å². The number of aromatic nitrogens is 2. The monoisotopic (exact) mass is 560 g/mol. The van der Waals surface area contributed by atoms with Crippen LogP contribution >= 0.6 is 0 Å². The van der Waals surface area contributed by atoms with Gasteiger partial charge in [-0.1, -0.05) is 121 Å². The zero-order chi connectivity index (χ0) is 29.0. The molecule has 0 radical (unpaired) electrons. The maximum atomic E-state index is 2.46. The van der Waals surface area contributed by atoms with Crippen LogP contribution in [0.2, 0.25) is 0 Å². The Kier molecular flexibility index (Phi) is 5.54. The lowest BCUT2D eigenvalue weighted by Crippen LogP contribution is -1.97. The molecule has 0 amide bonds. The standard InChI is InChI=1S/C42H28N2/c1-3-14-29(15-4-1)30-16-13-17-31(28-30)33-20-7-10-23-36(33)44-38-25-12-9-22-35(38)42-40(44)27-26-39-41(42)34-21-8-11-24-37(34)43(39)32-18-5-2-6-19-32/h1-28H. The second kappa shape index (κ2) is 9.86. The Morgan fingerprint density at radius 3 is 1.57 bits per heavy atom. The molecule has 0 bridgehead atoms. The highest BCUT2D eigenvalue weighted by atomic mass is 15.0. The first kappa shape index (κ1) is 24.7. The SMILES string of the molecule is c1ccc(-c2cccc(-c3ccccc3-n3c4ccccc4c4c5c6ccccc6n(-c6ccccc6)c5ccc43)c2)cc1. The van der Waals surface area contributed by atoms with Crippen molar-refractivity contribution in [2.45, 2.75) is 0 Å².